The van der Waals surface area contributed by atoms with Crippen molar-refractivity contribution in [2.75, 3.05) is 49.5 Å². The minimum atomic E-state index is -3.74. The molecule has 0 saturated carbocycles. The summed E-state index contributed by atoms with van der Waals surface area (Å²) >= 11 is 1.44. The number of carbonyl (C=O) groups excluding carboxylic acids is 1. The Hall–Kier alpha value is -3.18. The van der Waals surface area contributed by atoms with Gasteiger partial charge in [0.25, 0.3) is 15.9 Å². The van der Waals surface area contributed by atoms with Crippen LogP contribution in [0.1, 0.15) is 29.3 Å². The predicted molar refractivity (Wildman–Crippen MR) is 164 cm³/mol. The monoisotopic (exact) mass is 600 g/mol. The summed E-state index contributed by atoms with van der Waals surface area (Å²) in [5, 5.41) is 0.604. The van der Waals surface area contributed by atoms with Gasteiger partial charge in [-0.05, 0) is 94.5 Å². The first kappa shape index (κ1) is 29.8. The van der Waals surface area contributed by atoms with E-state index in [9.17, 15) is 13.2 Å². The Kier molecular flexibility index (Phi) is 9.35. The van der Waals surface area contributed by atoms with Crippen molar-refractivity contribution in [3.63, 3.8) is 0 Å². The van der Waals surface area contributed by atoms with Crippen molar-refractivity contribution in [1.29, 1.82) is 0 Å². The first-order valence-corrected chi connectivity index (χ1v) is 15.2. The Morgan fingerprint density at radius 2 is 1.80 bits per heavy atom. The average Bonchev–Trinajstić information content (AvgIpc) is 3.55. The number of sulfonamides is 1. The van der Waals surface area contributed by atoms with E-state index in [1.165, 1.54) is 27.8 Å². The van der Waals surface area contributed by atoms with Crippen molar-refractivity contribution in [3.8, 4) is 5.75 Å². The first-order chi connectivity index (χ1) is 18.8. The molecule has 40 heavy (non-hydrogen) atoms. The van der Waals surface area contributed by atoms with Crippen LogP contribution in [0.3, 0.4) is 0 Å². The zero-order valence-electron chi connectivity index (χ0n) is 22.7. The van der Waals surface area contributed by atoms with Crippen LogP contribution in [-0.4, -0.2) is 64.5 Å². The lowest BCUT2D eigenvalue weighted by molar-refractivity contribution is 0.0986. The quantitative estimate of drug-likeness (QED) is 0.240. The molecule has 0 fully saturated rings. The highest BCUT2D eigenvalue weighted by molar-refractivity contribution is 7.92. The molecule has 0 radical (unpaired) electrons. The molecule has 1 aliphatic rings. The Morgan fingerprint density at radius 3 is 2.52 bits per heavy atom. The van der Waals surface area contributed by atoms with Crippen LogP contribution in [0.15, 0.2) is 71.6 Å². The van der Waals surface area contributed by atoms with Crippen molar-refractivity contribution >= 4 is 60.7 Å². The van der Waals surface area contributed by atoms with Gasteiger partial charge in [0, 0.05) is 18.7 Å². The molecule has 8 nitrogen and oxygen atoms in total. The second-order valence-corrected chi connectivity index (χ2v) is 12.5. The third kappa shape index (κ3) is 6.10. The second kappa shape index (κ2) is 12.6. The Morgan fingerprint density at radius 1 is 1.05 bits per heavy atom. The van der Waals surface area contributed by atoms with Gasteiger partial charge in [0.1, 0.15) is 5.75 Å². The van der Waals surface area contributed by atoms with E-state index in [-0.39, 0.29) is 23.2 Å². The number of anilines is 2. The number of aromatic nitrogens is 1. The maximum absolute atomic E-state index is 13.7. The van der Waals surface area contributed by atoms with Gasteiger partial charge >= 0.3 is 0 Å². The second-order valence-electron chi connectivity index (χ2n) is 9.65. The number of hydrogen-bond acceptors (Lipinski definition) is 7. The van der Waals surface area contributed by atoms with Crippen LogP contribution in [0.4, 0.5) is 10.8 Å². The van der Waals surface area contributed by atoms with Crippen LogP contribution in [0.2, 0.25) is 0 Å². The number of rotatable bonds is 10. The van der Waals surface area contributed by atoms with E-state index < -0.39 is 10.0 Å². The summed E-state index contributed by atoms with van der Waals surface area (Å²) in [6.45, 7) is 4.22. The normalized spacial score (nSPS) is 12.8. The summed E-state index contributed by atoms with van der Waals surface area (Å²) < 4.78 is 34.9. The van der Waals surface area contributed by atoms with Crippen molar-refractivity contribution in [3.05, 3.63) is 77.9 Å². The predicted octanol–water partition coefficient (Wildman–Crippen LogP) is 5.47. The smallest absolute Gasteiger partial charge is 0.264 e. The highest BCUT2D eigenvalue weighted by Gasteiger charge is 2.31. The molecule has 0 spiro atoms. The Bertz CT molecular complexity index is 1590. The summed E-state index contributed by atoms with van der Waals surface area (Å²) in [5.41, 5.74) is 2.95. The highest BCUT2D eigenvalue weighted by atomic mass is 35.5. The molecular formula is C29H33ClN4O4S2. The Labute approximate surface area is 245 Å². The van der Waals surface area contributed by atoms with E-state index in [4.69, 9.17) is 9.72 Å². The van der Waals surface area contributed by atoms with Gasteiger partial charge in [-0.2, -0.15) is 0 Å². The van der Waals surface area contributed by atoms with Crippen molar-refractivity contribution < 1.29 is 17.9 Å². The molecule has 1 amide bonds. The zero-order valence-corrected chi connectivity index (χ0v) is 25.2. The minimum absolute atomic E-state index is 0. The lowest BCUT2D eigenvalue weighted by atomic mass is 10.2. The number of benzene rings is 3. The molecule has 1 aliphatic heterocycles. The first-order valence-electron chi connectivity index (χ1n) is 13.0. The fourth-order valence-corrected chi connectivity index (χ4v) is 7.23. The number of hydrogen-bond donors (Lipinski definition) is 0. The van der Waals surface area contributed by atoms with Crippen LogP contribution < -0.4 is 13.9 Å². The van der Waals surface area contributed by atoms with Gasteiger partial charge in [0.2, 0.25) is 0 Å². The summed E-state index contributed by atoms with van der Waals surface area (Å²) in [6, 6.07) is 19.5. The molecule has 0 saturated heterocycles. The number of fused-ring (bicyclic) bond motifs is 2. The van der Waals surface area contributed by atoms with Gasteiger partial charge < -0.3 is 9.64 Å². The molecule has 0 aliphatic carbocycles. The summed E-state index contributed by atoms with van der Waals surface area (Å²) in [6.07, 6.45) is 1.45. The van der Waals surface area contributed by atoms with Crippen LogP contribution in [-0.2, 0) is 16.4 Å². The number of carbonyl (C=O) groups is 1. The van der Waals surface area contributed by atoms with Gasteiger partial charge in [-0.1, -0.05) is 29.5 Å². The lowest BCUT2D eigenvalue weighted by Gasteiger charge is -2.22. The van der Waals surface area contributed by atoms with E-state index in [0.29, 0.717) is 42.5 Å². The van der Waals surface area contributed by atoms with Crippen LogP contribution >= 0.6 is 23.7 Å². The van der Waals surface area contributed by atoms with Gasteiger partial charge in [-0.25, -0.2) is 13.4 Å². The van der Waals surface area contributed by atoms with Crippen LogP contribution in [0.25, 0.3) is 10.2 Å². The molecule has 0 unspecified atom stereocenters. The molecule has 1 aromatic heterocycles. The number of nitrogens with zero attached hydrogens (tertiary/aromatic N) is 4. The molecular weight excluding hydrogens is 568 g/mol. The molecule has 3 aromatic carbocycles. The fourth-order valence-electron chi connectivity index (χ4n) is 4.70. The maximum Gasteiger partial charge on any atom is 0.264 e. The molecule has 0 N–H and O–H groups in total. The minimum Gasteiger partial charge on any atom is -0.494 e. The van der Waals surface area contributed by atoms with Gasteiger partial charge in [0.15, 0.2) is 5.13 Å². The third-order valence-electron chi connectivity index (χ3n) is 6.66. The molecule has 4 aromatic rings. The van der Waals surface area contributed by atoms with Gasteiger partial charge in [-0.15, -0.1) is 12.4 Å². The largest absolute Gasteiger partial charge is 0.494 e. The third-order valence-corrected chi connectivity index (χ3v) is 9.53. The number of halogens is 1. The number of para-hydroxylation sites is 1. The summed E-state index contributed by atoms with van der Waals surface area (Å²) in [5.74, 6) is 0.552. The summed E-state index contributed by atoms with van der Waals surface area (Å²) in [4.78, 5) is 22.4. The summed E-state index contributed by atoms with van der Waals surface area (Å²) in [7, 11) is 0.258. The van der Waals surface area contributed by atoms with Crippen molar-refractivity contribution in [1.82, 2.24) is 9.88 Å². The Balaban J connectivity index is 0.00000370. The standard InChI is InChI=1S/C29H32N4O4S2.ClH/c1-4-37-23-12-15-25-27(20-23)38-29(30-25)32(18-7-17-31(2)3)28(34)22-10-13-24(14-11-22)39(35,36)33-19-16-21-8-5-6-9-26(21)33;/h5-6,8-15,20H,4,7,16-19H2,1-3H3;1H. The molecule has 212 valence electrons. The van der Waals surface area contributed by atoms with Crippen LogP contribution in [0, 0.1) is 0 Å². The maximum atomic E-state index is 13.7. The van der Waals surface area contributed by atoms with Crippen LogP contribution in [0.5, 0.6) is 5.75 Å². The van der Waals surface area contributed by atoms with Gasteiger partial charge in [0.05, 0.1) is 27.4 Å². The molecule has 0 atom stereocenters. The van der Waals surface area contributed by atoms with E-state index >= 15 is 0 Å². The SMILES string of the molecule is CCOc1ccc2nc(N(CCCN(C)C)C(=O)c3ccc(S(=O)(=O)N4CCc5ccccc54)cc3)sc2c1.Cl. The van der Waals surface area contributed by atoms with E-state index in [1.807, 2.05) is 63.5 Å². The van der Waals surface area contributed by atoms with Crippen molar-refractivity contribution in [2.45, 2.75) is 24.7 Å². The fraction of sp³-hybridized carbons (Fsp3) is 0.310. The number of amides is 1. The van der Waals surface area contributed by atoms with E-state index in [2.05, 4.69) is 4.90 Å². The topological polar surface area (TPSA) is 83.0 Å². The number of thiazole rings is 1. The number of ether oxygens (including phenoxy) is 1. The molecule has 0 bridgehead atoms. The molecule has 5 rings (SSSR count). The van der Waals surface area contributed by atoms with Crippen molar-refractivity contribution in [2.24, 2.45) is 0 Å². The highest BCUT2D eigenvalue weighted by Crippen LogP contribution is 2.34. The zero-order chi connectivity index (χ0) is 27.6. The average molecular weight is 601 g/mol. The van der Waals surface area contributed by atoms with E-state index in [1.54, 1.807) is 17.0 Å². The van der Waals surface area contributed by atoms with Gasteiger partial charge in [-0.3, -0.25) is 14.0 Å². The van der Waals surface area contributed by atoms with E-state index in [0.717, 1.165) is 34.5 Å². The molecule has 11 heteroatoms. The lowest BCUT2D eigenvalue weighted by Crippen LogP contribution is -2.33. The molecule has 2 heterocycles.